The van der Waals surface area contributed by atoms with E-state index in [1.807, 2.05) is 13.8 Å². The second-order valence-electron chi connectivity index (χ2n) is 4.41. The molecule has 0 aliphatic heterocycles. The molecule has 116 valence electrons. The Bertz CT molecular complexity index is 553. The number of anilines is 1. The third-order valence-corrected chi connectivity index (χ3v) is 3.82. The second kappa shape index (κ2) is 8.41. The number of nitrogens with two attached hydrogens (primary N) is 1. The first-order chi connectivity index (χ1) is 9.92. The van der Waals surface area contributed by atoms with Gasteiger partial charge in [0, 0.05) is 5.71 Å². The maximum absolute atomic E-state index is 12.1. The van der Waals surface area contributed by atoms with Crippen molar-refractivity contribution in [1.82, 2.24) is 10.4 Å². The number of nitrogen functional groups attached to an aromatic ring is 1. The van der Waals surface area contributed by atoms with Crippen molar-refractivity contribution in [2.24, 2.45) is 5.10 Å². The molecular formula is C13H17Cl3N4O. The quantitative estimate of drug-likeness (QED) is 0.455. The van der Waals surface area contributed by atoms with Gasteiger partial charge in [0.25, 0.3) is 5.91 Å². The number of hydrazone groups is 1. The number of nitrogens with one attached hydrogen (secondary N) is 1. The smallest absolute Gasteiger partial charge is 0.291 e. The fraction of sp³-hybridized carbons (Fsp3) is 0.462. The molecule has 0 spiro atoms. The molecule has 0 aliphatic rings. The number of rotatable bonds is 6. The number of halogens is 3. The zero-order chi connectivity index (χ0) is 16.0. The molecule has 0 fully saturated rings. The molecule has 0 saturated carbocycles. The number of hydrogen-bond acceptors (Lipinski definition) is 4. The highest BCUT2D eigenvalue weighted by atomic mass is 35.5. The molecule has 0 aliphatic carbocycles. The summed E-state index contributed by atoms with van der Waals surface area (Å²) in [5.41, 5.74) is 8.94. The molecule has 0 saturated heterocycles. The van der Waals surface area contributed by atoms with Gasteiger partial charge in [-0.1, -0.05) is 61.5 Å². The molecule has 8 heteroatoms. The molecule has 1 amide bonds. The number of hydrogen-bond donors (Lipinski definition) is 2. The van der Waals surface area contributed by atoms with Crippen LogP contribution < -0.4 is 11.2 Å². The summed E-state index contributed by atoms with van der Waals surface area (Å²) in [7, 11) is 0. The fourth-order valence-electron chi connectivity index (χ4n) is 1.68. The summed E-state index contributed by atoms with van der Waals surface area (Å²) in [6.07, 6.45) is 3.54. The minimum atomic E-state index is -0.574. The van der Waals surface area contributed by atoms with E-state index >= 15 is 0 Å². The number of carbonyl (C=O) groups excluding carboxylic acids is 1. The molecule has 21 heavy (non-hydrogen) atoms. The van der Waals surface area contributed by atoms with E-state index in [1.54, 1.807) is 0 Å². The maximum atomic E-state index is 12.1. The monoisotopic (exact) mass is 350 g/mol. The molecule has 3 N–H and O–H groups in total. The normalized spacial score (nSPS) is 10.3. The number of amides is 1. The van der Waals surface area contributed by atoms with Crippen molar-refractivity contribution in [2.75, 3.05) is 5.73 Å². The first kappa shape index (κ1) is 18.0. The van der Waals surface area contributed by atoms with Crippen LogP contribution in [0.5, 0.6) is 0 Å². The van der Waals surface area contributed by atoms with Gasteiger partial charge in [-0.25, -0.2) is 10.4 Å². The van der Waals surface area contributed by atoms with Crippen molar-refractivity contribution < 1.29 is 4.79 Å². The summed E-state index contributed by atoms with van der Waals surface area (Å²) in [6, 6.07) is 0. The van der Waals surface area contributed by atoms with Gasteiger partial charge in [0.15, 0.2) is 10.8 Å². The molecule has 0 atom stereocenters. The van der Waals surface area contributed by atoms with Crippen LogP contribution >= 0.6 is 34.8 Å². The third kappa shape index (κ3) is 4.73. The van der Waals surface area contributed by atoms with E-state index in [0.29, 0.717) is 0 Å². The van der Waals surface area contributed by atoms with Crippen LogP contribution in [0, 0.1) is 0 Å². The van der Waals surface area contributed by atoms with Crippen LogP contribution in [-0.4, -0.2) is 16.6 Å². The van der Waals surface area contributed by atoms with Crippen molar-refractivity contribution in [1.29, 1.82) is 0 Å². The maximum Gasteiger partial charge on any atom is 0.291 e. The van der Waals surface area contributed by atoms with Crippen LogP contribution in [0.25, 0.3) is 0 Å². The number of aromatic nitrogens is 1. The Morgan fingerprint density at radius 2 is 1.76 bits per heavy atom. The lowest BCUT2D eigenvalue weighted by atomic mass is 10.1. The van der Waals surface area contributed by atoms with Crippen molar-refractivity contribution in [2.45, 2.75) is 39.5 Å². The Balaban J connectivity index is 2.97. The highest BCUT2D eigenvalue weighted by Crippen LogP contribution is 2.34. The van der Waals surface area contributed by atoms with Gasteiger partial charge in [0.2, 0.25) is 0 Å². The molecule has 1 aromatic heterocycles. The van der Waals surface area contributed by atoms with Crippen molar-refractivity contribution in [3.05, 3.63) is 20.9 Å². The molecular weight excluding hydrogens is 335 g/mol. The van der Waals surface area contributed by atoms with E-state index in [0.717, 1.165) is 31.4 Å². The predicted octanol–water partition coefficient (Wildman–Crippen LogP) is 4.31. The number of carbonyl (C=O) groups is 1. The summed E-state index contributed by atoms with van der Waals surface area (Å²) in [6.45, 7) is 4.09. The Labute approximate surface area is 138 Å². The van der Waals surface area contributed by atoms with Crippen molar-refractivity contribution in [3.63, 3.8) is 0 Å². The summed E-state index contributed by atoms with van der Waals surface area (Å²) < 4.78 is 0. The Morgan fingerprint density at radius 1 is 1.19 bits per heavy atom. The van der Waals surface area contributed by atoms with Crippen LogP contribution in [0.1, 0.15) is 50.0 Å². The molecule has 0 unspecified atom stereocenters. The van der Waals surface area contributed by atoms with Crippen molar-refractivity contribution in [3.8, 4) is 0 Å². The summed E-state index contributed by atoms with van der Waals surface area (Å²) in [5.74, 6) is -0.574. The van der Waals surface area contributed by atoms with Gasteiger partial charge >= 0.3 is 0 Å². The fourth-order valence-corrected chi connectivity index (χ4v) is 2.27. The third-order valence-electron chi connectivity index (χ3n) is 2.68. The SMILES string of the molecule is CCCC(CCC)=NNC(=O)c1nc(Cl)c(Cl)c(N)c1Cl. The molecule has 1 aromatic rings. The van der Waals surface area contributed by atoms with E-state index in [2.05, 4.69) is 15.5 Å². The molecule has 5 nitrogen and oxygen atoms in total. The lowest BCUT2D eigenvalue weighted by molar-refractivity contribution is 0.0950. The summed E-state index contributed by atoms with van der Waals surface area (Å²) in [5, 5.41) is 4.02. The Kier molecular flexibility index (Phi) is 7.22. The number of nitrogens with zero attached hydrogens (tertiary/aromatic N) is 2. The molecule has 1 heterocycles. The van der Waals surface area contributed by atoms with Gasteiger partial charge in [-0.05, 0) is 12.8 Å². The average molecular weight is 352 g/mol. The minimum Gasteiger partial charge on any atom is -0.396 e. The zero-order valence-electron chi connectivity index (χ0n) is 11.8. The van der Waals surface area contributed by atoms with Gasteiger partial charge in [-0.3, -0.25) is 4.79 Å². The van der Waals surface area contributed by atoms with E-state index in [-0.39, 0.29) is 26.6 Å². The predicted molar refractivity (Wildman–Crippen MR) is 88.4 cm³/mol. The standard InChI is InChI=1S/C13H17Cl3N4O/c1-3-5-7(6-4-2)19-20-13(21)11-8(14)10(17)9(15)12(16)18-11/h3-6H2,1-2H3,(H2,17,18)(H,20,21). The van der Waals surface area contributed by atoms with Gasteiger partial charge in [-0.15, -0.1) is 0 Å². The highest BCUT2D eigenvalue weighted by Gasteiger charge is 2.19. The van der Waals surface area contributed by atoms with Gasteiger partial charge in [0.05, 0.1) is 10.7 Å². The molecule has 0 radical (unpaired) electrons. The first-order valence-corrected chi connectivity index (χ1v) is 7.71. The van der Waals surface area contributed by atoms with E-state index in [1.165, 1.54) is 0 Å². The molecule has 1 rings (SSSR count). The molecule has 0 bridgehead atoms. The van der Waals surface area contributed by atoms with E-state index < -0.39 is 5.91 Å². The lowest BCUT2D eigenvalue weighted by Crippen LogP contribution is -2.22. The Hall–Kier alpha value is -1.04. The van der Waals surface area contributed by atoms with E-state index in [9.17, 15) is 4.79 Å². The largest absolute Gasteiger partial charge is 0.396 e. The molecule has 0 aromatic carbocycles. The van der Waals surface area contributed by atoms with Crippen LogP contribution in [-0.2, 0) is 0 Å². The lowest BCUT2D eigenvalue weighted by Gasteiger charge is -2.09. The first-order valence-electron chi connectivity index (χ1n) is 6.58. The zero-order valence-corrected chi connectivity index (χ0v) is 14.1. The highest BCUT2D eigenvalue weighted by molar-refractivity contribution is 6.46. The van der Waals surface area contributed by atoms with Gasteiger partial charge in [-0.2, -0.15) is 5.10 Å². The van der Waals surface area contributed by atoms with Crippen molar-refractivity contribution >= 4 is 52.1 Å². The summed E-state index contributed by atoms with van der Waals surface area (Å²) >= 11 is 17.6. The van der Waals surface area contributed by atoms with Crippen LogP contribution in [0.3, 0.4) is 0 Å². The average Bonchev–Trinajstić information content (AvgIpc) is 2.46. The van der Waals surface area contributed by atoms with Crippen LogP contribution in [0.2, 0.25) is 15.2 Å². The second-order valence-corrected chi connectivity index (χ2v) is 5.53. The Morgan fingerprint density at radius 3 is 2.29 bits per heavy atom. The van der Waals surface area contributed by atoms with Gasteiger partial charge < -0.3 is 5.73 Å². The van der Waals surface area contributed by atoms with Crippen LogP contribution in [0.4, 0.5) is 5.69 Å². The topological polar surface area (TPSA) is 80.4 Å². The van der Waals surface area contributed by atoms with Crippen LogP contribution in [0.15, 0.2) is 5.10 Å². The van der Waals surface area contributed by atoms with E-state index in [4.69, 9.17) is 40.5 Å². The minimum absolute atomic E-state index is 0.0230. The van der Waals surface area contributed by atoms with Gasteiger partial charge in [0.1, 0.15) is 5.02 Å². The number of pyridine rings is 1. The summed E-state index contributed by atoms with van der Waals surface area (Å²) in [4.78, 5) is 15.9.